The number of hydrogen-bond donors (Lipinski definition) is 2. The lowest BCUT2D eigenvalue weighted by atomic mass is 9.75. The second-order valence-electron chi connectivity index (χ2n) is 20.2. The lowest BCUT2D eigenvalue weighted by Gasteiger charge is -2.38. The van der Waals surface area contributed by atoms with Crippen molar-refractivity contribution in [1.29, 1.82) is 0 Å². The summed E-state index contributed by atoms with van der Waals surface area (Å²) in [5.41, 5.74) is 12.8. The lowest BCUT2D eigenvalue weighted by molar-refractivity contribution is 0.406. The maximum Gasteiger partial charge on any atom is 0.170 e. The quantitative estimate of drug-likeness (QED) is 0.120. The molecule has 0 spiro atoms. The highest BCUT2D eigenvalue weighted by Gasteiger charge is 2.43. The van der Waals surface area contributed by atoms with Gasteiger partial charge in [-0.1, -0.05) is 122 Å². The summed E-state index contributed by atoms with van der Waals surface area (Å²) in [6, 6.07) is 28.0. The molecule has 5 aliphatic carbocycles. The zero-order valence-electron chi connectivity index (χ0n) is 38.8. The number of fused-ring (bicyclic) bond motifs is 6. The van der Waals surface area contributed by atoms with Gasteiger partial charge in [0.1, 0.15) is 11.7 Å². The van der Waals surface area contributed by atoms with Crippen LogP contribution in [0.2, 0.25) is 0 Å². The number of anilines is 1. The van der Waals surface area contributed by atoms with E-state index in [1.807, 2.05) is 23.5 Å². The number of allylic oxidation sites excluding steroid dienone is 7. The Labute approximate surface area is 405 Å². The van der Waals surface area contributed by atoms with Crippen molar-refractivity contribution in [3.8, 4) is 23.0 Å². The molecule has 0 saturated heterocycles. The van der Waals surface area contributed by atoms with Crippen molar-refractivity contribution in [1.82, 2.24) is 15.6 Å². The minimum Gasteiger partial charge on any atom is -0.384 e. The van der Waals surface area contributed by atoms with Gasteiger partial charge in [0, 0.05) is 79.0 Å². The Morgan fingerprint density at radius 3 is 2.59 bits per heavy atom. The first-order chi connectivity index (χ1) is 33.6. The van der Waals surface area contributed by atoms with Crippen molar-refractivity contribution >= 4 is 44.4 Å². The summed E-state index contributed by atoms with van der Waals surface area (Å²) in [5, 5.41) is 8.83. The molecule has 0 radical (unpaired) electrons. The third kappa shape index (κ3) is 7.12. The zero-order chi connectivity index (χ0) is 45.2. The van der Waals surface area contributed by atoms with Crippen molar-refractivity contribution in [2.75, 3.05) is 4.90 Å². The Morgan fingerprint density at radius 2 is 1.75 bits per heavy atom. The highest BCUT2D eigenvalue weighted by atomic mass is 32.1. The van der Waals surface area contributed by atoms with Gasteiger partial charge >= 0.3 is 0 Å². The van der Waals surface area contributed by atoms with Crippen LogP contribution in [0.4, 0.5) is 5.69 Å². The first-order valence-electron chi connectivity index (χ1n) is 25.2. The number of pyridine rings is 1. The normalized spacial score (nSPS) is 26.7. The Balaban J connectivity index is 0.992. The molecule has 336 valence electrons. The minimum atomic E-state index is -0.517. The molecule has 3 aromatic carbocycles. The smallest absolute Gasteiger partial charge is 0.170 e. The van der Waals surface area contributed by atoms with E-state index in [1.165, 1.54) is 80.6 Å². The molecule has 7 heteroatoms. The molecule has 5 heterocycles. The van der Waals surface area contributed by atoms with Crippen molar-refractivity contribution in [2.24, 2.45) is 15.9 Å². The maximum atomic E-state index is 5.70. The fourth-order valence-electron chi connectivity index (χ4n) is 12.4. The lowest BCUT2D eigenvalue weighted by Crippen LogP contribution is -2.42. The number of aliphatic imine (C=N–C) groups is 2. The van der Waals surface area contributed by atoms with Crippen molar-refractivity contribution in [2.45, 2.75) is 120 Å². The van der Waals surface area contributed by atoms with Crippen LogP contribution < -0.4 is 15.5 Å². The summed E-state index contributed by atoms with van der Waals surface area (Å²) in [4.78, 5) is 20.7. The number of rotatable bonds is 8. The Morgan fingerprint density at radius 1 is 0.809 bits per heavy atom. The molecule has 6 unspecified atom stereocenters. The number of aromatic nitrogens is 1. The van der Waals surface area contributed by atoms with Gasteiger partial charge in [0.15, 0.2) is 6.17 Å². The van der Waals surface area contributed by atoms with E-state index in [9.17, 15) is 0 Å². The van der Waals surface area contributed by atoms with Gasteiger partial charge in [0.05, 0.1) is 23.2 Å². The second kappa shape index (κ2) is 17.1. The summed E-state index contributed by atoms with van der Waals surface area (Å²) in [7, 11) is 0. The molecule has 8 aliphatic rings. The van der Waals surface area contributed by atoms with E-state index >= 15 is 0 Å². The summed E-state index contributed by atoms with van der Waals surface area (Å²) < 4.78 is 1.31. The number of thiophene rings is 1. The van der Waals surface area contributed by atoms with Gasteiger partial charge in [-0.15, -0.1) is 11.3 Å². The van der Waals surface area contributed by atoms with Gasteiger partial charge < -0.3 is 15.5 Å². The topological polar surface area (TPSA) is 64.9 Å². The van der Waals surface area contributed by atoms with E-state index in [0.29, 0.717) is 24.4 Å². The van der Waals surface area contributed by atoms with Gasteiger partial charge in [-0.2, -0.15) is 0 Å². The highest BCUT2D eigenvalue weighted by Crippen LogP contribution is 2.53. The van der Waals surface area contributed by atoms with Crippen molar-refractivity contribution in [3.63, 3.8) is 0 Å². The van der Waals surface area contributed by atoms with Gasteiger partial charge in [-0.3, -0.25) is 4.98 Å². The molecule has 68 heavy (non-hydrogen) atoms. The van der Waals surface area contributed by atoms with Crippen molar-refractivity contribution < 1.29 is 0 Å². The first-order valence-corrected chi connectivity index (χ1v) is 26.0. The number of benzene rings is 2. The van der Waals surface area contributed by atoms with E-state index < -0.39 is 11.6 Å². The predicted octanol–water partition coefficient (Wildman–Crippen LogP) is 13.4. The molecule has 1 saturated carbocycles. The monoisotopic (exact) mass is 904 g/mol. The molecule has 6 atom stereocenters. The van der Waals surface area contributed by atoms with Crippen LogP contribution in [-0.4, -0.2) is 28.7 Å². The predicted molar refractivity (Wildman–Crippen MR) is 280 cm³/mol. The van der Waals surface area contributed by atoms with Crippen LogP contribution in [0.25, 0.3) is 26.8 Å². The highest BCUT2D eigenvalue weighted by molar-refractivity contribution is 7.19. The van der Waals surface area contributed by atoms with Gasteiger partial charge in [-0.25, -0.2) is 9.98 Å². The molecule has 2 aromatic heterocycles. The third-order valence-electron chi connectivity index (χ3n) is 16.0. The summed E-state index contributed by atoms with van der Waals surface area (Å²) in [5.74, 6) is 9.71. The SMILES string of the molecule is CC1(c2ncc(-c3cc(C4C=CC=CC4)ccc3C3CC=CN3)cc2C2=NC(c3cc#ccc3)N=C(C3C=CCCC3)N2)CC#Cc2c1sc1cc3c(cc21)N(C1CCCCC1)C1CC=CC=C31. The molecule has 1 fully saturated rings. The molecule has 13 rings (SSSR count). The van der Waals surface area contributed by atoms with Crippen LogP contribution in [0.15, 0.2) is 138 Å². The zero-order valence-corrected chi connectivity index (χ0v) is 39.6. The Bertz CT molecular complexity index is 3150. The summed E-state index contributed by atoms with van der Waals surface area (Å²) >= 11 is 1.92. The number of hydrogen-bond acceptors (Lipinski definition) is 7. The fourth-order valence-corrected chi connectivity index (χ4v) is 13.7. The average molecular weight is 905 g/mol. The number of nitrogens with one attached hydrogen (secondary N) is 2. The number of amidine groups is 2. The van der Waals surface area contributed by atoms with Gasteiger partial charge in [-0.05, 0) is 123 Å². The van der Waals surface area contributed by atoms with Crippen LogP contribution in [0, 0.1) is 29.9 Å². The summed E-state index contributed by atoms with van der Waals surface area (Å²) in [6.45, 7) is 2.39. The second-order valence-corrected chi connectivity index (χ2v) is 21.2. The van der Waals surface area contributed by atoms with Crippen LogP contribution in [0.5, 0.6) is 0 Å². The van der Waals surface area contributed by atoms with Crippen LogP contribution in [0.1, 0.15) is 146 Å². The fraction of sp³-hybridized carbons (Fsp3) is 0.328. The van der Waals surface area contributed by atoms with E-state index in [0.717, 1.165) is 78.1 Å². The van der Waals surface area contributed by atoms with Crippen LogP contribution >= 0.6 is 11.3 Å². The molecular weight excluding hydrogens is 849 g/mol. The van der Waals surface area contributed by atoms with E-state index in [4.69, 9.17) is 15.0 Å². The Hall–Kier alpha value is -6.67. The maximum absolute atomic E-state index is 5.70. The molecule has 5 aromatic rings. The van der Waals surface area contributed by atoms with Gasteiger partial charge in [0.2, 0.25) is 0 Å². The van der Waals surface area contributed by atoms with Gasteiger partial charge in [0.25, 0.3) is 0 Å². The first kappa shape index (κ1) is 41.5. The molecular formula is C61H56N6S. The molecule has 0 bridgehead atoms. The van der Waals surface area contributed by atoms with E-state index in [1.54, 1.807) is 0 Å². The molecule has 6 nitrogen and oxygen atoms in total. The van der Waals surface area contributed by atoms with E-state index in [-0.39, 0.29) is 12.0 Å². The third-order valence-corrected chi connectivity index (χ3v) is 17.4. The molecule has 3 aliphatic heterocycles. The van der Waals surface area contributed by atoms with Crippen molar-refractivity contribution in [3.05, 3.63) is 184 Å². The number of nitrogens with zero attached hydrogens (tertiary/aromatic N) is 4. The average Bonchev–Trinajstić information content (AvgIpc) is 4.16. The molecule has 0 amide bonds. The Kier molecular flexibility index (Phi) is 10.5. The largest absolute Gasteiger partial charge is 0.384 e. The molecule has 2 N–H and O–H groups in total. The standard InChI is InChI=1S/C61H56N6S/c1-61(32-16-27-47-50-36-54-49(37-55(50)68-57(47)61)46-26-14-15-29-53(46)67(54)44-24-12-5-13-25-44)56-51(60-65-58(40-20-8-3-9-21-40)64-59(66-60)41-22-10-4-11-23-41)35-43(38-63-56)48-34-42(39-18-6-2-7-19-39)30-31-45(48)52-28-17-33-62-52/h2,6-8,10,14-15,17-18,20,22-23,26,30-31,33-40,44,52-53,59,62H,3,5,9,12-13,19,21,24-25,28-29,32H2,1H3,(H,64,65,66). The summed E-state index contributed by atoms with van der Waals surface area (Å²) in [6.07, 6.45) is 40.1. The van der Waals surface area contributed by atoms with E-state index in [2.05, 4.69) is 162 Å². The minimum absolute atomic E-state index is 0.173. The van der Waals surface area contributed by atoms with Crippen LogP contribution in [-0.2, 0) is 5.41 Å². The van der Waals surface area contributed by atoms with Crippen LogP contribution in [0.3, 0.4) is 0 Å².